The van der Waals surface area contributed by atoms with Crippen molar-refractivity contribution in [1.82, 2.24) is 20.2 Å². The Kier molecular flexibility index (Phi) is 11.1. The van der Waals surface area contributed by atoms with Crippen molar-refractivity contribution < 1.29 is 23.6 Å². The molecule has 0 radical (unpaired) electrons. The summed E-state index contributed by atoms with van der Waals surface area (Å²) in [6.07, 6.45) is 2.31. The third-order valence-electron chi connectivity index (χ3n) is 6.64. The number of imidazole rings is 1. The number of morpholine rings is 1. The van der Waals surface area contributed by atoms with Gasteiger partial charge in [0.15, 0.2) is 0 Å². The second kappa shape index (κ2) is 15.2. The average molecular weight is 639 g/mol. The van der Waals surface area contributed by atoms with Gasteiger partial charge in [-0.3, -0.25) is 25.7 Å². The fraction of sp³-hybridized carbons (Fsp3) is 0.267. The van der Waals surface area contributed by atoms with Crippen LogP contribution < -0.4 is 15.8 Å². The van der Waals surface area contributed by atoms with Gasteiger partial charge in [-0.2, -0.15) is 0 Å². The van der Waals surface area contributed by atoms with Crippen molar-refractivity contribution in [3.63, 3.8) is 0 Å². The molecule has 236 valence electrons. The molecule has 0 unspecified atom stereocenters. The number of non-ortho nitro benzene ring substituents is 1. The Morgan fingerprint density at radius 3 is 2.67 bits per heavy atom. The Labute approximate surface area is 263 Å². The number of allylic oxidation sites excluding steroid dienone is 1. The van der Waals surface area contributed by atoms with Crippen LogP contribution in [0.15, 0.2) is 65.3 Å². The zero-order valence-electron chi connectivity index (χ0n) is 24.6. The number of rotatable bonds is 10. The first-order valence-electron chi connectivity index (χ1n) is 13.8. The minimum absolute atomic E-state index is 0.0279. The number of aryl methyl sites for hydroxylation is 1. The normalized spacial score (nSPS) is 14.7. The van der Waals surface area contributed by atoms with Crippen LogP contribution in [0.5, 0.6) is 5.75 Å². The van der Waals surface area contributed by atoms with Crippen LogP contribution in [-0.4, -0.2) is 70.4 Å². The van der Waals surface area contributed by atoms with E-state index in [2.05, 4.69) is 20.2 Å². The number of nitrogens with one attached hydrogen (secondary N) is 3. The number of aromatic amines is 1. The first-order valence-corrected chi connectivity index (χ1v) is 14.2. The lowest BCUT2D eigenvalue weighted by Gasteiger charge is -2.27. The van der Waals surface area contributed by atoms with Gasteiger partial charge in [0.1, 0.15) is 29.1 Å². The van der Waals surface area contributed by atoms with Crippen LogP contribution >= 0.6 is 11.6 Å². The predicted molar refractivity (Wildman–Crippen MR) is 168 cm³/mol. The van der Waals surface area contributed by atoms with E-state index in [4.69, 9.17) is 37.2 Å². The number of nitrogens with two attached hydrogens (primary N) is 1. The van der Waals surface area contributed by atoms with Gasteiger partial charge in [0.25, 0.3) is 5.69 Å². The zero-order chi connectivity index (χ0) is 32.5. The van der Waals surface area contributed by atoms with Crippen LogP contribution in [-0.2, 0) is 11.2 Å². The molecule has 2 aromatic carbocycles. The highest BCUT2D eigenvalue weighted by Crippen LogP contribution is 2.22. The number of amidine groups is 2. The summed E-state index contributed by atoms with van der Waals surface area (Å²) in [5.41, 5.74) is 8.94. The van der Waals surface area contributed by atoms with Crippen molar-refractivity contribution in [3.8, 4) is 5.75 Å². The van der Waals surface area contributed by atoms with Gasteiger partial charge >= 0.3 is 6.09 Å². The molecule has 1 fully saturated rings. The number of nitro benzene ring substituents is 1. The molecule has 1 saturated heterocycles. The van der Waals surface area contributed by atoms with E-state index < -0.39 is 16.8 Å². The number of aromatic nitrogens is 2. The van der Waals surface area contributed by atoms with Crippen molar-refractivity contribution in [1.29, 1.82) is 5.41 Å². The summed E-state index contributed by atoms with van der Waals surface area (Å²) in [6.45, 7) is 6.44. The monoisotopic (exact) mass is 638 g/mol. The number of halogens is 2. The second-order valence-electron chi connectivity index (χ2n) is 10.1. The standard InChI is InChI=1S/C30H32ClFN8O5/c1-18(35-30(41)45-24-7-5-23(6-8-24)40(42)43)13-27(33)38-28(34)15-21(17-39-9-11-44-12-10-39)29-36-19(2)26(37-29)14-20-3-4-22(31)16-25(20)32/h3-8,13,15-16H,9-12,14,17H2,1-2H3,(H,35,41)(H,36,37)(H3,33,34,38)/b18-13-,21-15-. The maximum atomic E-state index is 14.5. The van der Waals surface area contributed by atoms with Gasteiger partial charge in [0.2, 0.25) is 0 Å². The molecule has 1 amide bonds. The smallest absolute Gasteiger partial charge is 0.410 e. The SMILES string of the molecule is C/C(=C/C(=N)N=C(N)/C=C(/CN1CCOCC1)c1nc(Cc2ccc(Cl)cc2F)c(C)[nH]1)NC(=O)Oc1ccc([N+](=O)[O-])cc1. The van der Waals surface area contributed by atoms with Gasteiger partial charge in [-0.1, -0.05) is 17.7 Å². The number of carbonyl (C=O) groups is 1. The Bertz CT molecular complexity index is 1660. The lowest BCUT2D eigenvalue weighted by molar-refractivity contribution is -0.384. The molecule has 1 aliphatic heterocycles. The Morgan fingerprint density at radius 2 is 2.00 bits per heavy atom. The van der Waals surface area contributed by atoms with E-state index in [1.165, 1.54) is 43.3 Å². The van der Waals surface area contributed by atoms with Gasteiger partial charge in [0.05, 0.1) is 23.8 Å². The Hall–Kier alpha value is -4.92. The number of hydrogen-bond donors (Lipinski definition) is 4. The molecule has 0 saturated carbocycles. The molecule has 15 heteroatoms. The highest BCUT2D eigenvalue weighted by Gasteiger charge is 2.18. The quantitative estimate of drug-likeness (QED) is 0.106. The maximum absolute atomic E-state index is 14.5. The van der Waals surface area contributed by atoms with Gasteiger partial charge in [-0.15, -0.1) is 0 Å². The topological polar surface area (TPSA) is 185 Å². The number of nitrogens with zero attached hydrogens (tertiary/aromatic N) is 4. The number of hydrogen-bond acceptors (Lipinski definition) is 8. The highest BCUT2D eigenvalue weighted by atomic mass is 35.5. The number of amides is 1. The van der Waals surface area contributed by atoms with Crippen molar-refractivity contribution in [3.05, 3.63) is 104 Å². The van der Waals surface area contributed by atoms with Crippen LogP contribution in [0.2, 0.25) is 5.02 Å². The Balaban J connectivity index is 1.48. The molecule has 3 aromatic rings. The first kappa shape index (κ1) is 33.0. The summed E-state index contributed by atoms with van der Waals surface area (Å²) in [4.78, 5) is 36.8. The predicted octanol–water partition coefficient (Wildman–Crippen LogP) is 4.75. The average Bonchev–Trinajstić information content (AvgIpc) is 3.34. The van der Waals surface area contributed by atoms with Crippen molar-refractivity contribution in [2.75, 3.05) is 32.8 Å². The van der Waals surface area contributed by atoms with Crippen molar-refractivity contribution in [2.45, 2.75) is 20.3 Å². The van der Waals surface area contributed by atoms with E-state index in [1.807, 2.05) is 6.92 Å². The molecular weight excluding hydrogens is 607 g/mol. The van der Waals surface area contributed by atoms with Crippen molar-refractivity contribution >= 4 is 40.6 Å². The van der Waals surface area contributed by atoms with Crippen molar-refractivity contribution in [2.24, 2.45) is 10.7 Å². The summed E-state index contributed by atoms with van der Waals surface area (Å²) >= 11 is 5.90. The molecule has 1 aliphatic rings. The molecule has 0 aliphatic carbocycles. The fourth-order valence-electron chi connectivity index (χ4n) is 4.41. The number of benzene rings is 2. The van der Waals surface area contributed by atoms with E-state index in [1.54, 1.807) is 18.2 Å². The summed E-state index contributed by atoms with van der Waals surface area (Å²) in [5.74, 6) is 0.0198. The lowest BCUT2D eigenvalue weighted by Crippen LogP contribution is -2.37. The molecule has 45 heavy (non-hydrogen) atoms. The van der Waals surface area contributed by atoms with Crippen LogP contribution in [0.25, 0.3) is 5.57 Å². The second-order valence-corrected chi connectivity index (χ2v) is 10.6. The molecule has 0 atom stereocenters. The maximum Gasteiger partial charge on any atom is 0.416 e. The minimum atomic E-state index is -0.850. The van der Waals surface area contributed by atoms with Gasteiger partial charge < -0.3 is 20.2 Å². The molecule has 4 rings (SSSR count). The van der Waals surface area contributed by atoms with Crippen LogP contribution in [0, 0.1) is 28.3 Å². The largest absolute Gasteiger partial charge is 0.416 e. The van der Waals surface area contributed by atoms with E-state index in [9.17, 15) is 19.3 Å². The molecule has 0 bridgehead atoms. The molecule has 0 spiro atoms. The minimum Gasteiger partial charge on any atom is -0.410 e. The van der Waals surface area contributed by atoms with Gasteiger partial charge in [-0.05, 0) is 49.8 Å². The number of H-pyrrole nitrogens is 1. The zero-order valence-corrected chi connectivity index (χ0v) is 25.4. The third-order valence-corrected chi connectivity index (χ3v) is 6.88. The van der Waals surface area contributed by atoms with E-state index in [0.717, 1.165) is 5.69 Å². The summed E-state index contributed by atoms with van der Waals surface area (Å²) in [6, 6.07) is 9.54. The van der Waals surface area contributed by atoms with Gasteiger partial charge in [0, 0.05) is 66.3 Å². The highest BCUT2D eigenvalue weighted by molar-refractivity contribution is 6.30. The first-order chi connectivity index (χ1) is 21.5. The van der Waals surface area contributed by atoms with Crippen LogP contribution in [0.3, 0.4) is 0 Å². The third kappa shape index (κ3) is 9.79. The number of aliphatic imine (C=N–C) groups is 1. The summed E-state index contributed by atoms with van der Waals surface area (Å²) in [5, 5.41) is 21.8. The number of carbonyl (C=O) groups excluding carboxylic acids is 1. The molecule has 2 heterocycles. The molecule has 13 nitrogen and oxygen atoms in total. The van der Waals surface area contributed by atoms with Gasteiger partial charge in [-0.25, -0.2) is 19.2 Å². The van der Waals surface area contributed by atoms with E-state index in [-0.39, 0.29) is 35.2 Å². The molecule has 5 N–H and O–H groups in total. The summed E-state index contributed by atoms with van der Waals surface area (Å²) in [7, 11) is 0. The molecule has 1 aromatic heterocycles. The number of nitro groups is 1. The van der Waals surface area contributed by atoms with E-state index >= 15 is 0 Å². The fourth-order valence-corrected chi connectivity index (χ4v) is 4.57. The van der Waals surface area contributed by atoms with Crippen LogP contribution in [0.4, 0.5) is 14.9 Å². The lowest BCUT2D eigenvalue weighted by atomic mass is 10.1. The Morgan fingerprint density at radius 1 is 1.29 bits per heavy atom. The molecular formula is C30H32ClFN8O5. The van der Waals surface area contributed by atoms with Crippen LogP contribution in [0.1, 0.15) is 29.7 Å². The summed E-state index contributed by atoms with van der Waals surface area (Å²) < 4.78 is 25.0. The van der Waals surface area contributed by atoms with E-state index in [0.29, 0.717) is 60.5 Å². The number of ether oxygens (including phenoxy) is 2.